The molecule has 1 amide bonds. The van der Waals surface area contributed by atoms with Gasteiger partial charge in [-0.3, -0.25) is 4.90 Å². The maximum Gasteiger partial charge on any atom is 0.493 e. The van der Waals surface area contributed by atoms with Gasteiger partial charge in [-0.1, -0.05) is 43.7 Å². The Morgan fingerprint density at radius 2 is 1.97 bits per heavy atom. The Labute approximate surface area is 165 Å². The van der Waals surface area contributed by atoms with Crippen LogP contribution in [0.3, 0.4) is 0 Å². The average Bonchev–Trinajstić information content (AvgIpc) is 3.10. The van der Waals surface area contributed by atoms with Crippen LogP contribution in [0.15, 0.2) is 36.7 Å². The molecule has 29 heavy (non-hydrogen) atoms. The van der Waals surface area contributed by atoms with E-state index in [0.717, 1.165) is 16.6 Å². The van der Waals surface area contributed by atoms with E-state index in [4.69, 9.17) is 4.74 Å². The Balaban J connectivity index is 1.74. The summed E-state index contributed by atoms with van der Waals surface area (Å²) in [5.41, 5.74) is 1.59. The first-order valence-corrected chi connectivity index (χ1v) is 9.14. The van der Waals surface area contributed by atoms with Crippen molar-refractivity contribution < 1.29 is 32.3 Å². The van der Waals surface area contributed by atoms with Crippen molar-refractivity contribution in [3.05, 3.63) is 53.6 Å². The predicted molar refractivity (Wildman–Crippen MR) is 94.6 cm³/mol. The van der Waals surface area contributed by atoms with Crippen LogP contribution in [0.25, 0.3) is 0 Å². The van der Waals surface area contributed by atoms with Crippen LogP contribution in [-0.2, 0) is 22.6 Å². The standard InChI is InChI=1S/C19H20F3N3O4/c1-2-6-14-16-15(25(12-23-16)29-17(26)19(20,21)22)9-10-24(14)18(27)28-11-13-7-4-3-5-8-13/h3-5,7-8,12,14H,2,6,9-11H2,1H3. The number of benzene rings is 1. The van der Waals surface area contributed by atoms with Gasteiger partial charge < -0.3 is 9.57 Å². The van der Waals surface area contributed by atoms with E-state index in [9.17, 15) is 22.8 Å². The van der Waals surface area contributed by atoms with Gasteiger partial charge in [0.2, 0.25) is 0 Å². The molecule has 2 heterocycles. The van der Waals surface area contributed by atoms with Crippen LogP contribution in [0.2, 0.25) is 0 Å². The second-order valence-electron chi connectivity index (χ2n) is 6.57. The lowest BCUT2D eigenvalue weighted by Gasteiger charge is -2.34. The van der Waals surface area contributed by atoms with Crippen molar-refractivity contribution in [3.63, 3.8) is 0 Å². The first-order valence-electron chi connectivity index (χ1n) is 9.14. The quantitative estimate of drug-likeness (QED) is 0.754. The summed E-state index contributed by atoms with van der Waals surface area (Å²) in [6.45, 7) is 2.24. The van der Waals surface area contributed by atoms with Gasteiger partial charge in [-0.25, -0.2) is 14.6 Å². The lowest BCUT2D eigenvalue weighted by atomic mass is 9.99. The van der Waals surface area contributed by atoms with Crippen LogP contribution >= 0.6 is 0 Å². The number of carbonyl (C=O) groups is 2. The zero-order valence-electron chi connectivity index (χ0n) is 15.7. The Hall–Kier alpha value is -3.04. The fourth-order valence-corrected chi connectivity index (χ4v) is 3.22. The number of fused-ring (bicyclic) bond motifs is 1. The molecule has 0 radical (unpaired) electrons. The Kier molecular flexibility index (Phi) is 6.09. The summed E-state index contributed by atoms with van der Waals surface area (Å²) in [4.78, 5) is 33.8. The number of hydrogen-bond acceptors (Lipinski definition) is 5. The summed E-state index contributed by atoms with van der Waals surface area (Å²) < 4.78 is 43.6. The molecule has 10 heteroatoms. The molecule has 0 aliphatic carbocycles. The topological polar surface area (TPSA) is 73.7 Å². The molecule has 0 bridgehead atoms. The van der Waals surface area contributed by atoms with E-state index in [0.29, 0.717) is 24.2 Å². The van der Waals surface area contributed by atoms with Crippen molar-refractivity contribution >= 4 is 12.1 Å². The monoisotopic (exact) mass is 411 g/mol. The third-order valence-corrected chi connectivity index (χ3v) is 4.56. The summed E-state index contributed by atoms with van der Waals surface area (Å²) in [7, 11) is 0. The number of halogens is 3. The summed E-state index contributed by atoms with van der Waals surface area (Å²) in [6, 6.07) is 8.73. The number of amides is 1. The van der Waals surface area contributed by atoms with Gasteiger partial charge in [0, 0.05) is 13.0 Å². The Morgan fingerprint density at radius 3 is 2.62 bits per heavy atom. The number of carbonyl (C=O) groups excluding carboxylic acids is 2. The Bertz CT molecular complexity index is 867. The van der Waals surface area contributed by atoms with E-state index in [1.54, 1.807) is 0 Å². The van der Waals surface area contributed by atoms with Crippen molar-refractivity contribution in [1.82, 2.24) is 14.6 Å². The van der Waals surface area contributed by atoms with Gasteiger partial charge >= 0.3 is 18.2 Å². The van der Waals surface area contributed by atoms with Crippen LogP contribution in [0.4, 0.5) is 18.0 Å². The third-order valence-electron chi connectivity index (χ3n) is 4.56. The molecule has 0 saturated heterocycles. The highest BCUT2D eigenvalue weighted by atomic mass is 19.4. The molecule has 1 aromatic carbocycles. The lowest BCUT2D eigenvalue weighted by Crippen LogP contribution is -2.41. The third kappa shape index (κ3) is 4.69. The van der Waals surface area contributed by atoms with E-state index in [1.165, 1.54) is 4.90 Å². The highest BCUT2D eigenvalue weighted by Gasteiger charge is 2.43. The van der Waals surface area contributed by atoms with Crippen molar-refractivity contribution in [2.45, 2.75) is 45.0 Å². The van der Waals surface area contributed by atoms with E-state index in [-0.39, 0.29) is 19.6 Å². The van der Waals surface area contributed by atoms with Crippen LogP contribution in [0.1, 0.15) is 42.8 Å². The number of aromatic nitrogens is 2. The lowest BCUT2D eigenvalue weighted by molar-refractivity contribution is -0.200. The minimum atomic E-state index is -5.11. The first kappa shape index (κ1) is 20.7. The van der Waals surface area contributed by atoms with E-state index in [1.807, 2.05) is 37.3 Å². The van der Waals surface area contributed by atoms with Gasteiger partial charge in [-0.2, -0.15) is 17.9 Å². The molecule has 7 nitrogen and oxygen atoms in total. The van der Waals surface area contributed by atoms with Gasteiger partial charge in [0.05, 0.1) is 17.4 Å². The summed E-state index contributed by atoms with van der Waals surface area (Å²) >= 11 is 0. The van der Waals surface area contributed by atoms with Crippen molar-refractivity contribution in [2.24, 2.45) is 0 Å². The van der Waals surface area contributed by atoms with Crippen molar-refractivity contribution in [2.75, 3.05) is 6.54 Å². The predicted octanol–water partition coefficient (Wildman–Crippen LogP) is 3.44. The van der Waals surface area contributed by atoms with Crippen molar-refractivity contribution in [1.29, 1.82) is 0 Å². The molecular weight excluding hydrogens is 391 g/mol. The van der Waals surface area contributed by atoms with Crippen LogP contribution in [0.5, 0.6) is 0 Å². The zero-order valence-corrected chi connectivity index (χ0v) is 15.7. The number of hydrogen-bond donors (Lipinski definition) is 0. The van der Waals surface area contributed by atoms with Gasteiger partial charge in [-0.15, -0.1) is 0 Å². The molecule has 1 aliphatic rings. The van der Waals surface area contributed by atoms with Crippen LogP contribution in [0, 0.1) is 0 Å². The second-order valence-corrected chi connectivity index (χ2v) is 6.57. The Morgan fingerprint density at radius 1 is 1.24 bits per heavy atom. The molecule has 1 unspecified atom stereocenters. The average molecular weight is 411 g/mol. The molecule has 156 valence electrons. The van der Waals surface area contributed by atoms with Crippen LogP contribution in [-0.4, -0.2) is 39.4 Å². The zero-order chi connectivity index (χ0) is 21.0. The van der Waals surface area contributed by atoms with E-state index in [2.05, 4.69) is 9.82 Å². The first-order chi connectivity index (χ1) is 13.8. The molecular formula is C19H20F3N3O4. The molecule has 0 fully saturated rings. The number of alkyl halides is 3. The molecule has 0 saturated carbocycles. The maximum absolute atomic E-state index is 12.6. The number of ether oxygens (including phenoxy) is 1. The molecule has 1 atom stereocenters. The second kappa shape index (κ2) is 8.54. The molecule has 0 N–H and O–H groups in total. The van der Waals surface area contributed by atoms with Crippen molar-refractivity contribution in [3.8, 4) is 0 Å². The summed E-state index contributed by atoms with van der Waals surface area (Å²) in [6.07, 6.45) is -3.18. The molecule has 1 aromatic heterocycles. The maximum atomic E-state index is 12.6. The number of imidazole rings is 1. The summed E-state index contributed by atoms with van der Waals surface area (Å²) in [5.74, 6) is -2.32. The smallest absolute Gasteiger partial charge is 0.445 e. The van der Waals surface area contributed by atoms with Crippen LogP contribution < -0.4 is 4.84 Å². The molecule has 2 aromatic rings. The van der Waals surface area contributed by atoms with Gasteiger partial charge in [-0.05, 0) is 12.0 Å². The van der Waals surface area contributed by atoms with E-state index >= 15 is 0 Å². The molecule has 3 rings (SSSR count). The van der Waals surface area contributed by atoms with E-state index < -0.39 is 24.3 Å². The highest BCUT2D eigenvalue weighted by Crippen LogP contribution is 2.32. The highest BCUT2D eigenvalue weighted by molar-refractivity contribution is 5.76. The number of nitrogens with zero attached hydrogens (tertiary/aromatic N) is 3. The minimum absolute atomic E-state index is 0.111. The number of rotatable bonds is 5. The molecule has 1 aliphatic heterocycles. The fourth-order valence-electron chi connectivity index (χ4n) is 3.22. The SMILES string of the molecule is CCCC1c2ncn(OC(=O)C(F)(F)F)c2CCN1C(=O)OCc1ccccc1. The minimum Gasteiger partial charge on any atom is -0.445 e. The summed E-state index contributed by atoms with van der Waals surface area (Å²) in [5, 5.41) is 0. The fraction of sp³-hybridized carbons (Fsp3) is 0.421. The molecule has 0 spiro atoms. The van der Waals surface area contributed by atoms with Gasteiger partial charge in [0.1, 0.15) is 12.9 Å². The van der Waals surface area contributed by atoms with Gasteiger partial charge in [0.15, 0.2) is 0 Å². The van der Waals surface area contributed by atoms with Gasteiger partial charge in [0.25, 0.3) is 0 Å². The normalized spacial score (nSPS) is 16.3. The largest absolute Gasteiger partial charge is 0.493 e.